The highest BCUT2D eigenvalue weighted by Gasteiger charge is 2.19. The van der Waals surface area contributed by atoms with Crippen LogP contribution < -0.4 is 5.32 Å². The van der Waals surface area contributed by atoms with Gasteiger partial charge in [-0.3, -0.25) is 0 Å². The minimum atomic E-state index is -0.727. The van der Waals surface area contributed by atoms with Gasteiger partial charge in [-0.05, 0) is 19.9 Å². The number of rotatable bonds is 31. The largest absolute Gasteiger partial charge is 0.396 e. The molecule has 0 aliphatic rings. The molecule has 0 heterocycles. The zero-order valence-corrected chi connectivity index (χ0v) is 24.6. The second kappa shape index (κ2) is 28.2. The Labute approximate surface area is 244 Å². The van der Waals surface area contributed by atoms with Gasteiger partial charge >= 0.3 is 0 Å². The highest BCUT2D eigenvalue weighted by Crippen LogP contribution is 2.16. The molecule has 2 unspecified atom stereocenters. The quantitative estimate of drug-likeness (QED) is 0.0385. The number of aliphatic hydroxyl groups is 8. The topological polar surface area (TPSA) is 220 Å². The van der Waals surface area contributed by atoms with Crippen LogP contribution in [0.1, 0.15) is 19.3 Å². The molecule has 0 rings (SSSR count). The van der Waals surface area contributed by atoms with Gasteiger partial charge in [0.15, 0.2) is 0 Å². The summed E-state index contributed by atoms with van der Waals surface area (Å²) in [6.07, 6.45) is 0.0134. The summed E-state index contributed by atoms with van der Waals surface area (Å²) in [6, 6.07) is 0. The van der Waals surface area contributed by atoms with Gasteiger partial charge in [-0.1, -0.05) is 6.42 Å². The lowest BCUT2D eigenvalue weighted by Gasteiger charge is -2.24. The number of ether oxygens (including phenoxy) is 5. The summed E-state index contributed by atoms with van der Waals surface area (Å²) >= 11 is 0. The standard InChI is InChI=1S/C27H57NO13/c1-28-5-23(16-38-17-24(19-40-26(10-33)11-34)20-41-27(12-35)13-36)15-37-14-22(18-39-25(8-31)9-32)4-2-3-21(6-29)7-30/h21-36H,2-20H2,1H3. The smallest absolute Gasteiger partial charge is 0.104 e. The average molecular weight is 604 g/mol. The zero-order valence-electron chi connectivity index (χ0n) is 24.6. The maximum Gasteiger partial charge on any atom is 0.104 e. The van der Waals surface area contributed by atoms with E-state index in [0.717, 1.165) is 12.8 Å². The molecule has 0 aromatic heterocycles. The van der Waals surface area contributed by atoms with Gasteiger partial charge in [0.2, 0.25) is 0 Å². The highest BCUT2D eigenvalue weighted by molar-refractivity contribution is 4.67. The third-order valence-electron chi connectivity index (χ3n) is 6.57. The van der Waals surface area contributed by atoms with E-state index in [2.05, 4.69) is 5.32 Å². The first-order chi connectivity index (χ1) is 19.9. The van der Waals surface area contributed by atoms with Crippen LogP contribution in [0, 0.1) is 23.7 Å². The van der Waals surface area contributed by atoms with E-state index in [1.165, 1.54) is 0 Å². The van der Waals surface area contributed by atoms with Gasteiger partial charge in [0.05, 0.1) is 85.9 Å². The molecule has 14 heteroatoms. The molecule has 0 fully saturated rings. The van der Waals surface area contributed by atoms with Gasteiger partial charge in [-0.25, -0.2) is 0 Å². The van der Waals surface area contributed by atoms with E-state index in [-0.39, 0.29) is 103 Å². The van der Waals surface area contributed by atoms with Crippen molar-refractivity contribution in [1.29, 1.82) is 0 Å². The number of hydrogen-bond donors (Lipinski definition) is 9. The second-order valence-electron chi connectivity index (χ2n) is 10.4. The summed E-state index contributed by atoms with van der Waals surface area (Å²) in [5.74, 6) is -0.458. The molecule has 0 saturated carbocycles. The van der Waals surface area contributed by atoms with Gasteiger partial charge in [0.1, 0.15) is 18.3 Å². The molecule has 0 aromatic rings. The Morgan fingerprint density at radius 1 is 0.439 bits per heavy atom. The summed E-state index contributed by atoms with van der Waals surface area (Å²) in [4.78, 5) is 0. The van der Waals surface area contributed by atoms with Crippen molar-refractivity contribution in [2.75, 3.05) is 113 Å². The van der Waals surface area contributed by atoms with Crippen LogP contribution in [0.5, 0.6) is 0 Å². The molecule has 0 aromatic carbocycles. The average Bonchev–Trinajstić information content (AvgIpc) is 2.99. The molecule has 0 amide bonds. The number of aliphatic hydroxyl groups excluding tert-OH is 8. The molecule has 0 saturated heterocycles. The second-order valence-corrected chi connectivity index (χ2v) is 10.4. The SMILES string of the molecule is CNCC(COCC(CCCC(CO)CO)COC(CO)CO)COCC(COC(CO)CO)COC(CO)CO. The molecule has 2 atom stereocenters. The van der Waals surface area contributed by atoms with Crippen molar-refractivity contribution in [1.82, 2.24) is 5.32 Å². The van der Waals surface area contributed by atoms with E-state index < -0.39 is 18.3 Å². The lowest BCUT2D eigenvalue weighted by Crippen LogP contribution is -2.33. The van der Waals surface area contributed by atoms with Crippen LogP contribution >= 0.6 is 0 Å². The first-order valence-electron chi connectivity index (χ1n) is 14.5. The van der Waals surface area contributed by atoms with E-state index in [9.17, 15) is 40.9 Å². The van der Waals surface area contributed by atoms with Crippen LogP contribution in [0.4, 0.5) is 0 Å². The van der Waals surface area contributed by atoms with Crippen molar-refractivity contribution in [3.63, 3.8) is 0 Å². The molecule has 9 N–H and O–H groups in total. The summed E-state index contributed by atoms with van der Waals surface area (Å²) in [6.45, 7) is 0.478. The predicted molar refractivity (Wildman–Crippen MR) is 149 cm³/mol. The van der Waals surface area contributed by atoms with Crippen molar-refractivity contribution in [3.05, 3.63) is 0 Å². The van der Waals surface area contributed by atoms with Crippen molar-refractivity contribution in [3.8, 4) is 0 Å². The molecule has 0 aliphatic carbocycles. The maximum atomic E-state index is 9.31. The first-order valence-corrected chi connectivity index (χ1v) is 14.5. The Balaban J connectivity index is 4.88. The fraction of sp³-hybridized carbons (Fsp3) is 1.00. The molecular formula is C27H57NO13. The number of nitrogens with one attached hydrogen (secondary N) is 1. The minimum absolute atomic E-state index is 0.00473. The molecule has 0 spiro atoms. The molecular weight excluding hydrogens is 546 g/mol. The van der Waals surface area contributed by atoms with Gasteiger partial charge in [-0.15, -0.1) is 0 Å². The zero-order chi connectivity index (χ0) is 30.7. The monoisotopic (exact) mass is 603 g/mol. The molecule has 0 bridgehead atoms. The fourth-order valence-electron chi connectivity index (χ4n) is 3.86. The van der Waals surface area contributed by atoms with Crippen LogP contribution in [0.15, 0.2) is 0 Å². The van der Waals surface area contributed by atoms with Crippen LogP contribution in [0.3, 0.4) is 0 Å². The van der Waals surface area contributed by atoms with E-state index in [4.69, 9.17) is 23.7 Å². The summed E-state index contributed by atoms with van der Waals surface area (Å²) in [7, 11) is 1.82. The Bertz CT molecular complexity index is 519. The molecule has 0 radical (unpaired) electrons. The highest BCUT2D eigenvalue weighted by atomic mass is 16.5. The first kappa shape index (κ1) is 40.4. The molecule has 41 heavy (non-hydrogen) atoms. The van der Waals surface area contributed by atoms with E-state index in [1.54, 1.807) is 0 Å². The third-order valence-corrected chi connectivity index (χ3v) is 6.57. The normalized spacial score (nSPS) is 13.9. The lowest BCUT2D eigenvalue weighted by molar-refractivity contribution is -0.0875. The lowest BCUT2D eigenvalue weighted by atomic mass is 9.98. The van der Waals surface area contributed by atoms with Crippen molar-refractivity contribution in [2.45, 2.75) is 37.6 Å². The molecule has 248 valence electrons. The summed E-state index contributed by atoms with van der Waals surface area (Å²) < 4.78 is 28.6. The predicted octanol–water partition coefficient (Wildman–Crippen LogP) is -3.03. The Hall–Kier alpha value is -0.560. The van der Waals surface area contributed by atoms with Crippen LogP contribution in [0.2, 0.25) is 0 Å². The number of hydrogen-bond acceptors (Lipinski definition) is 14. The molecule has 0 aliphatic heterocycles. The van der Waals surface area contributed by atoms with E-state index in [0.29, 0.717) is 32.8 Å². The van der Waals surface area contributed by atoms with E-state index >= 15 is 0 Å². The molecule has 14 nitrogen and oxygen atoms in total. The van der Waals surface area contributed by atoms with Crippen LogP contribution in [-0.2, 0) is 23.7 Å². The van der Waals surface area contributed by atoms with Crippen molar-refractivity contribution >= 4 is 0 Å². The Kier molecular flexibility index (Phi) is 27.8. The third kappa shape index (κ3) is 20.9. The van der Waals surface area contributed by atoms with Crippen molar-refractivity contribution in [2.24, 2.45) is 23.7 Å². The minimum Gasteiger partial charge on any atom is -0.396 e. The maximum absolute atomic E-state index is 9.31. The Morgan fingerprint density at radius 3 is 1.20 bits per heavy atom. The fourth-order valence-corrected chi connectivity index (χ4v) is 3.86. The van der Waals surface area contributed by atoms with Gasteiger partial charge in [0.25, 0.3) is 0 Å². The van der Waals surface area contributed by atoms with Gasteiger partial charge in [0, 0.05) is 43.4 Å². The van der Waals surface area contributed by atoms with E-state index in [1.807, 2.05) is 7.05 Å². The van der Waals surface area contributed by atoms with Crippen LogP contribution in [0.25, 0.3) is 0 Å². The summed E-state index contributed by atoms with van der Waals surface area (Å²) in [5, 5.41) is 77.4. The van der Waals surface area contributed by atoms with Crippen LogP contribution in [-0.4, -0.2) is 172 Å². The van der Waals surface area contributed by atoms with Gasteiger partial charge < -0.3 is 69.9 Å². The summed E-state index contributed by atoms with van der Waals surface area (Å²) in [5.41, 5.74) is 0. The van der Waals surface area contributed by atoms with Gasteiger partial charge in [-0.2, -0.15) is 0 Å². The Morgan fingerprint density at radius 2 is 0.805 bits per heavy atom. The van der Waals surface area contributed by atoms with Crippen molar-refractivity contribution < 1.29 is 64.5 Å².